The topological polar surface area (TPSA) is 38.8 Å². The largest absolute Gasteiger partial charge is 0.493 e. The van der Waals surface area contributed by atoms with Crippen LogP contribution in [0, 0.1) is 5.92 Å². The van der Waals surface area contributed by atoms with Crippen LogP contribution in [0.15, 0.2) is 18.2 Å². The first-order valence-electron chi connectivity index (χ1n) is 5.83. The van der Waals surface area contributed by atoms with Gasteiger partial charge in [-0.05, 0) is 23.8 Å². The Kier molecular flexibility index (Phi) is 4.01. The van der Waals surface area contributed by atoms with Crippen LogP contribution in [0.2, 0.25) is 0 Å². The average molecular weight is 267 g/mol. The van der Waals surface area contributed by atoms with Crippen molar-refractivity contribution in [3.63, 3.8) is 0 Å². The Balaban J connectivity index is 2.36. The van der Waals surface area contributed by atoms with Crippen molar-refractivity contribution in [2.45, 2.75) is 6.42 Å². The standard InChI is InChI=1S/C13H17NO3S/c1-16-11-5-3-4-10(13(11)17-2)14-7-9(8-18)6-12(14)15/h3-5,9,18H,6-8H2,1-2H3. The third-order valence-corrected chi connectivity index (χ3v) is 3.65. The maximum atomic E-state index is 12.0. The summed E-state index contributed by atoms with van der Waals surface area (Å²) in [5.74, 6) is 2.37. The van der Waals surface area contributed by atoms with Gasteiger partial charge in [0.05, 0.1) is 19.9 Å². The minimum Gasteiger partial charge on any atom is -0.493 e. The zero-order valence-corrected chi connectivity index (χ0v) is 11.4. The summed E-state index contributed by atoms with van der Waals surface area (Å²) in [4.78, 5) is 13.8. The SMILES string of the molecule is COc1cccc(N2CC(CS)CC2=O)c1OC. The third kappa shape index (κ3) is 2.27. The van der Waals surface area contributed by atoms with Crippen LogP contribution in [0.5, 0.6) is 11.5 Å². The van der Waals surface area contributed by atoms with E-state index in [-0.39, 0.29) is 5.91 Å². The van der Waals surface area contributed by atoms with Gasteiger partial charge in [-0.1, -0.05) is 6.07 Å². The molecule has 1 aromatic carbocycles. The fourth-order valence-electron chi connectivity index (χ4n) is 2.22. The highest BCUT2D eigenvalue weighted by atomic mass is 32.1. The number of rotatable bonds is 4. The van der Waals surface area contributed by atoms with Crippen molar-refractivity contribution in [3.8, 4) is 11.5 Å². The highest BCUT2D eigenvalue weighted by Crippen LogP contribution is 2.39. The van der Waals surface area contributed by atoms with E-state index < -0.39 is 0 Å². The first-order valence-corrected chi connectivity index (χ1v) is 6.46. The number of thiol groups is 1. The normalized spacial score (nSPS) is 19.2. The number of hydrogen-bond acceptors (Lipinski definition) is 4. The molecule has 1 saturated heterocycles. The molecule has 1 aliphatic heterocycles. The number of nitrogens with zero attached hydrogens (tertiary/aromatic N) is 1. The molecule has 0 spiro atoms. The lowest BCUT2D eigenvalue weighted by molar-refractivity contribution is -0.117. The molecule has 4 nitrogen and oxygen atoms in total. The van der Waals surface area contributed by atoms with E-state index in [0.717, 1.165) is 5.69 Å². The van der Waals surface area contributed by atoms with Crippen LogP contribution in [0.3, 0.4) is 0 Å². The fraction of sp³-hybridized carbons (Fsp3) is 0.462. The van der Waals surface area contributed by atoms with E-state index in [4.69, 9.17) is 9.47 Å². The molecular formula is C13H17NO3S. The summed E-state index contributed by atoms with van der Waals surface area (Å²) in [6.45, 7) is 0.686. The van der Waals surface area contributed by atoms with Gasteiger partial charge in [-0.25, -0.2) is 0 Å². The van der Waals surface area contributed by atoms with Crippen LogP contribution < -0.4 is 14.4 Å². The lowest BCUT2D eigenvalue weighted by Crippen LogP contribution is -2.25. The van der Waals surface area contributed by atoms with E-state index in [2.05, 4.69) is 12.6 Å². The van der Waals surface area contributed by atoms with Crippen molar-refractivity contribution in [1.82, 2.24) is 0 Å². The lowest BCUT2D eigenvalue weighted by Gasteiger charge is -2.20. The molecule has 1 unspecified atom stereocenters. The van der Waals surface area contributed by atoms with Crippen molar-refractivity contribution < 1.29 is 14.3 Å². The number of amides is 1. The molecule has 1 atom stereocenters. The zero-order chi connectivity index (χ0) is 13.1. The van der Waals surface area contributed by atoms with Gasteiger partial charge < -0.3 is 14.4 Å². The van der Waals surface area contributed by atoms with Gasteiger partial charge in [0.25, 0.3) is 0 Å². The lowest BCUT2D eigenvalue weighted by atomic mass is 10.1. The average Bonchev–Trinajstić information content (AvgIpc) is 2.78. The Hall–Kier alpha value is -1.36. The van der Waals surface area contributed by atoms with Gasteiger partial charge in [0.2, 0.25) is 5.91 Å². The smallest absolute Gasteiger partial charge is 0.227 e. The third-order valence-electron chi connectivity index (χ3n) is 3.14. The van der Waals surface area contributed by atoms with Crippen LogP contribution in [0.1, 0.15) is 6.42 Å². The number of anilines is 1. The molecule has 98 valence electrons. The number of carbonyl (C=O) groups is 1. The van der Waals surface area contributed by atoms with Crippen LogP contribution in [-0.2, 0) is 4.79 Å². The van der Waals surface area contributed by atoms with Crippen LogP contribution in [0.25, 0.3) is 0 Å². The summed E-state index contributed by atoms with van der Waals surface area (Å²) in [7, 11) is 3.17. The monoisotopic (exact) mass is 267 g/mol. The van der Waals surface area contributed by atoms with Gasteiger partial charge in [-0.15, -0.1) is 0 Å². The van der Waals surface area contributed by atoms with Gasteiger partial charge in [0.1, 0.15) is 0 Å². The van der Waals surface area contributed by atoms with Crippen molar-refractivity contribution in [3.05, 3.63) is 18.2 Å². The molecule has 1 heterocycles. The minimum atomic E-state index is 0.112. The number of methoxy groups -OCH3 is 2. The number of hydrogen-bond donors (Lipinski definition) is 1. The van der Waals surface area contributed by atoms with E-state index in [9.17, 15) is 4.79 Å². The first-order chi connectivity index (χ1) is 8.71. The van der Waals surface area contributed by atoms with Gasteiger partial charge >= 0.3 is 0 Å². The second-order valence-corrected chi connectivity index (χ2v) is 4.63. The van der Waals surface area contributed by atoms with E-state index in [1.807, 2.05) is 18.2 Å². The highest BCUT2D eigenvalue weighted by molar-refractivity contribution is 7.80. The first kappa shape index (κ1) is 13.1. The molecule has 1 aromatic rings. The molecular weight excluding hydrogens is 250 g/mol. The zero-order valence-electron chi connectivity index (χ0n) is 10.5. The van der Waals surface area contributed by atoms with Gasteiger partial charge in [-0.2, -0.15) is 12.6 Å². The van der Waals surface area contributed by atoms with Gasteiger partial charge in [0, 0.05) is 13.0 Å². The van der Waals surface area contributed by atoms with Crippen LogP contribution in [0.4, 0.5) is 5.69 Å². The second kappa shape index (κ2) is 5.52. The molecule has 5 heteroatoms. The summed E-state index contributed by atoms with van der Waals surface area (Å²) >= 11 is 4.26. The van der Waals surface area contributed by atoms with E-state index >= 15 is 0 Å². The molecule has 0 saturated carbocycles. The van der Waals surface area contributed by atoms with Crippen molar-refractivity contribution >= 4 is 24.2 Å². The molecule has 0 bridgehead atoms. The predicted molar refractivity (Wildman–Crippen MR) is 73.9 cm³/mol. The summed E-state index contributed by atoms with van der Waals surface area (Å²) in [6.07, 6.45) is 0.546. The Morgan fingerprint density at radius 1 is 1.39 bits per heavy atom. The van der Waals surface area contributed by atoms with Crippen molar-refractivity contribution in [1.29, 1.82) is 0 Å². The Morgan fingerprint density at radius 3 is 2.72 bits per heavy atom. The van der Waals surface area contributed by atoms with Crippen LogP contribution in [-0.4, -0.2) is 32.4 Å². The Morgan fingerprint density at radius 2 is 2.17 bits per heavy atom. The molecule has 0 aromatic heterocycles. The molecule has 18 heavy (non-hydrogen) atoms. The van der Waals surface area contributed by atoms with Gasteiger partial charge in [0.15, 0.2) is 11.5 Å². The molecule has 1 fully saturated rings. The second-order valence-electron chi connectivity index (χ2n) is 4.27. The summed E-state index contributed by atoms with van der Waals surface area (Å²) in [6, 6.07) is 5.55. The maximum Gasteiger partial charge on any atom is 0.227 e. The molecule has 0 aliphatic carbocycles. The molecule has 2 rings (SSSR count). The fourth-order valence-corrected chi connectivity index (χ4v) is 2.46. The molecule has 1 aliphatic rings. The number of benzene rings is 1. The van der Waals surface area contributed by atoms with Gasteiger partial charge in [-0.3, -0.25) is 4.79 Å². The summed E-state index contributed by atoms with van der Waals surface area (Å²) in [5.41, 5.74) is 0.770. The highest BCUT2D eigenvalue weighted by Gasteiger charge is 2.31. The van der Waals surface area contributed by atoms with E-state index in [1.165, 1.54) is 0 Å². The molecule has 0 radical (unpaired) electrons. The Labute approximate surface area is 112 Å². The predicted octanol–water partition coefficient (Wildman–Crippen LogP) is 1.99. The van der Waals surface area contributed by atoms with Crippen molar-refractivity contribution in [2.24, 2.45) is 5.92 Å². The quantitative estimate of drug-likeness (QED) is 0.848. The minimum absolute atomic E-state index is 0.112. The van der Waals surface area contributed by atoms with Crippen LogP contribution >= 0.6 is 12.6 Å². The number of para-hydroxylation sites is 1. The molecule has 1 amide bonds. The van der Waals surface area contributed by atoms with E-state index in [1.54, 1.807) is 19.1 Å². The number of ether oxygens (including phenoxy) is 2. The van der Waals surface area contributed by atoms with E-state index in [0.29, 0.717) is 36.1 Å². The summed E-state index contributed by atoms with van der Waals surface area (Å²) < 4.78 is 10.6. The van der Waals surface area contributed by atoms with Crippen molar-refractivity contribution in [2.75, 3.05) is 31.4 Å². The number of carbonyl (C=O) groups excluding carboxylic acids is 1. The Bertz CT molecular complexity index is 450. The maximum absolute atomic E-state index is 12.0. The molecule has 0 N–H and O–H groups in total. The summed E-state index contributed by atoms with van der Waals surface area (Å²) in [5, 5.41) is 0.